The zero-order valence-corrected chi connectivity index (χ0v) is 15.0. The van der Waals surface area contributed by atoms with E-state index in [-0.39, 0.29) is 5.91 Å². The van der Waals surface area contributed by atoms with Gasteiger partial charge in [0, 0.05) is 36.6 Å². The van der Waals surface area contributed by atoms with Crippen LogP contribution in [-0.4, -0.2) is 44.1 Å². The molecule has 128 valence electrons. The minimum atomic E-state index is 0.132. The number of piperazine rings is 1. The number of benzene rings is 2. The molecule has 25 heavy (non-hydrogen) atoms. The standard InChI is InChI=1S/C20H20N2O2S/c1-24-17-8-7-15-13-19(25-18(15)14-17)20(23)22-11-9-21(10-12-22)16-5-3-2-4-6-16/h2-8,13-14H,9-12H2,1H3. The maximum Gasteiger partial charge on any atom is 0.264 e. The first-order valence-corrected chi connectivity index (χ1v) is 9.23. The largest absolute Gasteiger partial charge is 0.497 e. The molecular weight excluding hydrogens is 332 g/mol. The van der Waals surface area contributed by atoms with Crippen LogP contribution in [0.5, 0.6) is 5.75 Å². The summed E-state index contributed by atoms with van der Waals surface area (Å²) in [4.78, 5) is 17.9. The van der Waals surface area contributed by atoms with E-state index in [2.05, 4.69) is 29.2 Å². The summed E-state index contributed by atoms with van der Waals surface area (Å²) in [5.74, 6) is 0.956. The number of hydrogen-bond donors (Lipinski definition) is 0. The smallest absolute Gasteiger partial charge is 0.264 e. The molecule has 1 aliphatic rings. The fourth-order valence-electron chi connectivity index (χ4n) is 3.21. The predicted molar refractivity (Wildman–Crippen MR) is 103 cm³/mol. The fraction of sp³-hybridized carbons (Fsp3) is 0.250. The number of anilines is 1. The Kier molecular flexibility index (Phi) is 4.32. The molecule has 0 bridgehead atoms. The first-order chi connectivity index (χ1) is 12.2. The summed E-state index contributed by atoms with van der Waals surface area (Å²) in [5.41, 5.74) is 1.23. The summed E-state index contributed by atoms with van der Waals surface area (Å²) >= 11 is 1.54. The molecule has 1 aliphatic heterocycles. The van der Waals surface area contributed by atoms with Crippen molar-refractivity contribution in [2.45, 2.75) is 0 Å². The molecule has 1 amide bonds. The van der Waals surface area contributed by atoms with Crippen LogP contribution >= 0.6 is 11.3 Å². The van der Waals surface area contributed by atoms with Crippen LogP contribution in [0.4, 0.5) is 5.69 Å². The lowest BCUT2D eigenvalue weighted by Crippen LogP contribution is -2.48. The normalized spacial score (nSPS) is 14.8. The van der Waals surface area contributed by atoms with Crippen LogP contribution < -0.4 is 9.64 Å². The Labute approximate surface area is 151 Å². The van der Waals surface area contributed by atoms with E-state index in [1.54, 1.807) is 18.4 Å². The number of carbonyl (C=O) groups excluding carboxylic acids is 1. The summed E-state index contributed by atoms with van der Waals surface area (Å²) in [7, 11) is 1.66. The number of methoxy groups -OCH3 is 1. The van der Waals surface area contributed by atoms with Gasteiger partial charge >= 0.3 is 0 Å². The Bertz CT molecular complexity index is 883. The minimum Gasteiger partial charge on any atom is -0.497 e. The number of nitrogens with zero attached hydrogens (tertiary/aromatic N) is 2. The summed E-state index contributed by atoms with van der Waals surface area (Å²) in [6.07, 6.45) is 0. The first-order valence-electron chi connectivity index (χ1n) is 8.41. The number of carbonyl (C=O) groups is 1. The van der Waals surface area contributed by atoms with Crippen LogP contribution in [-0.2, 0) is 0 Å². The van der Waals surface area contributed by atoms with E-state index >= 15 is 0 Å². The molecule has 5 heteroatoms. The average molecular weight is 352 g/mol. The molecule has 0 radical (unpaired) electrons. The van der Waals surface area contributed by atoms with Gasteiger partial charge in [-0.25, -0.2) is 0 Å². The quantitative estimate of drug-likeness (QED) is 0.717. The number of rotatable bonds is 3. The number of hydrogen-bond acceptors (Lipinski definition) is 4. The van der Waals surface area contributed by atoms with Crippen molar-refractivity contribution in [1.29, 1.82) is 0 Å². The molecule has 0 unspecified atom stereocenters. The second-order valence-electron chi connectivity index (χ2n) is 6.13. The van der Waals surface area contributed by atoms with Crippen molar-refractivity contribution in [2.75, 3.05) is 38.2 Å². The van der Waals surface area contributed by atoms with E-state index in [9.17, 15) is 4.79 Å². The van der Waals surface area contributed by atoms with Crippen LogP contribution in [0.1, 0.15) is 9.67 Å². The molecule has 1 fully saturated rings. The number of thiophene rings is 1. The highest BCUT2D eigenvalue weighted by atomic mass is 32.1. The molecule has 2 aromatic carbocycles. The van der Waals surface area contributed by atoms with Crippen LogP contribution in [0.2, 0.25) is 0 Å². The Hall–Kier alpha value is -2.53. The lowest BCUT2D eigenvalue weighted by molar-refractivity contribution is 0.0752. The molecule has 0 aliphatic carbocycles. The Balaban J connectivity index is 1.47. The molecule has 0 saturated carbocycles. The molecule has 0 atom stereocenters. The number of amides is 1. The fourth-order valence-corrected chi connectivity index (χ4v) is 4.27. The molecule has 4 nitrogen and oxygen atoms in total. The summed E-state index contributed by atoms with van der Waals surface area (Å²) < 4.78 is 6.36. The van der Waals surface area contributed by atoms with E-state index in [1.807, 2.05) is 35.2 Å². The van der Waals surface area contributed by atoms with Crippen molar-refractivity contribution in [2.24, 2.45) is 0 Å². The maximum atomic E-state index is 12.9. The summed E-state index contributed by atoms with van der Waals surface area (Å²) in [6, 6.07) is 18.3. The number of ether oxygens (including phenoxy) is 1. The average Bonchev–Trinajstić information content (AvgIpc) is 3.11. The van der Waals surface area contributed by atoms with Gasteiger partial charge in [-0.15, -0.1) is 11.3 Å². The van der Waals surface area contributed by atoms with Gasteiger partial charge in [-0.2, -0.15) is 0 Å². The van der Waals surface area contributed by atoms with Crippen molar-refractivity contribution in [3.8, 4) is 5.75 Å². The maximum absolute atomic E-state index is 12.9. The van der Waals surface area contributed by atoms with Gasteiger partial charge in [0.15, 0.2) is 0 Å². The number of fused-ring (bicyclic) bond motifs is 1. The van der Waals surface area contributed by atoms with Crippen molar-refractivity contribution >= 4 is 33.0 Å². The van der Waals surface area contributed by atoms with Gasteiger partial charge in [-0.3, -0.25) is 4.79 Å². The minimum absolute atomic E-state index is 0.132. The molecule has 4 rings (SSSR count). The highest BCUT2D eigenvalue weighted by Gasteiger charge is 2.23. The van der Waals surface area contributed by atoms with Crippen molar-refractivity contribution < 1.29 is 9.53 Å². The molecular formula is C20H20N2O2S. The van der Waals surface area contributed by atoms with Crippen LogP contribution in [0.3, 0.4) is 0 Å². The summed E-state index contributed by atoms with van der Waals surface area (Å²) in [6.45, 7) is 3.25. The Morgan fingerprint density at radius 2 is 1.76 bits per heavy atom. The third kappa shape index (κ3) is 3.20. The van der Waals surface area contributed by atoms with Gasteiger partial charge in [0.05, 0.1) is 12.0 Å². The third-order valence-electron chi connectivity index (χ3n) is 4.63. The molecule has 1 saturated heterocycles. The van der Waals surface area contributed by atoms with Gasteiger partial charge in [0.25, 0.3) is 5.91 Å². The van der Waals surface area contributed by atoms with Crippen LogP contribution in [0.25, 0.3) is 10.1 Å². The van der Waals surface area contributed by atoms with Gasteiger partial charge in [-0.1, -0.05) is 18.2 Å². The zero-order valence-electron chi connectivity index (χ0n) is 14.1. The Morgan fingerprint density at radius 1 is 1.00 bits per heavy atom. The van der Waals surface area contributed by atoms with Gasteiger partial charge in [-0.05, 0) is 41.8 Å². The van der Waals surface area contributed by atoms with E-state index < -0.39 is 0 Å². The van der Waals surface area contributed by atoms with Crippen molar-refractivity contribution in [3.05, 3.63) is 59.5 Å². The van der Waals surface area contributed by atoms with Crippen molar-refractivity contribution in [1.82, 2.24) is 4.90 Å². The van der Waals surface area contributed by atoms with Gasteiger partial charge in [0.2, 0.25) is 0 Å². The molecule has 1 aromatic heterocycles. The van der Waals surface area contributed by atoms with Gasteiger partial charge in [0.1, 0.15) is 5.75 Å². The molecule has 0 spiro atoms. The second-order valence-corrected chi connectivity index (χ2v) is 7.21. The Morgan fingerprint density at radius 3 is 2.48 bits per heavy atom. The molecule has 3 aromatic rings. The van der Waals surface area contributed by atoms with Crippen molar-refractivity contribution in [3.63, 3.8) is 0 Å². The van der Waals surface area contributed by atoms with E-state index in [1.165, 1.54) is 5.69 Å². The molecule has 2 heterocycles. The van der Waals surface area contributed by atoms with Crippen LogP contribution in [0.15, 0.2) is 54.6 Å². The topological polar surface area (TPSA) is 32.8 Å². The third-order valence-corrected chi connectivity index (χ3v) is 5.71. The highest BCUT2D eigenvalue weighted by Crippen LogP contribution is 2.30. The highest BCUT2D eigenvalue weighted by molar-refractivity contribution is 7.20. The second kappa shape index (κ2) is 6.76. The van der Waals surface area contributed by atoms with E-state index in [0.29, 0.717) is 0 Å². The first kappa shape index (κ1) is 16.0. The monoisotopic (exact) mass is 352 g/mol. The lowest BCUT2D eigenvalue weighted by Gasteiger charge is -2.35. The van der Waals surface area contributed by atoms with Gasteiger partial charge < -0.3 is 14.5 Å². The van der Waals surface area contributed by atoms with E-state index in [4.69, 9.17) is 4.74 Å². The SMILES string of the molecule is COc1ccc2cc(C(=O)N3CCN(c4ccccc4)CC3)sc2c1. The zero-order chi connectivity index (χ0) is 17.2. The van der Waals surface area contributed by atoms with Crippen LogP contribution in [0, 0.1) is 0 Å². The number of para-hydroxylation sites is 1. The predicted octanol–water partition coefficient (Wildman–Crippen LogP) is 3.87. The van der Waals surface area contributed by atoms with E-state index in [0.717, 1.165) is 46.9 Å². The molecule has 0 N–H and O–H groups in total. The summed E-state index contributed by atoms with van der Waals surface area (Å²) in [5, 5.41) is 1.09. The lowest BCUT2D eigenvalue weighted by atomic mass is 10.2.